The van der Waals surface area contributed by atoms with Gasteiger partial charge in [-0.15, -0.1) is 0 Å². The van der Waals surface area contributed by atoms with Gasteiger partial charge in [0.15, 0.2) is 69.5 Å². The molecule has 0 amide bonds. The van der Waals surface area contributed by atoms with Crippen molar-refractivity contribution in [3.05, 3.63) is 185 Å². The molecule has 10 heterocycles. The number of hydrogen-bond acceptors (Lipinski definition) is 15. The van der Waals surface area contributed by atoms with E-state index in [9.17, 15) is 0 Å². The topological polar surface area (TPSA) is 213 Å². The molecule has 10 rings (SSSR count). The maximum Gasteiger partial charge on any atom is 0.197 e. The van der Waals surface area contributed by atoms with Gasteiger partial charge in [-0.2, -0.15) is 20.4 Å². The number of aryl methyl sites for hydroxylation is 5. The van der Waals surface area contributed by atoms with Crippen LogP contribution in [0, 0.1) is 0 Å². The van der Waals surface area contributed by atoms with Crippen molar-refractivity contribution in [2.45, 2.75) is 137 Å². The Morgan fingerprint density at radius 3 is 1.12 bits per heavy atom. The molecule has 0 saturated heterocycles. The SMILES string of the molecule is CC.CC.CC.CC.CC.CC[n+]1ccc(-c2cccnn2)cn1.CC[n+]1ccc(-c2ccncn2)cn1.CC[n+]1ccc(-c2ccnnc2)cn1.CC[n+]1ccc(-c2cnccn2)cn1.CC[n+]1ccc(-c2ncccn2)cn1. The first-order valence-corrected chi connectivity index (χ1v) is 27.6. The highest BCUT2D eigenvalue weighted by molar-refractivity contribution is 5.60. The first-order chi connectivity index (χ1) is 39.5. The number of aromatic nitrogens is 20. The molecule has 0 bridgehead atoms. The predicted octanol–water partition coefficient (Wildman–Crippen LogP) is 9.36. The summed E-state index contributed by atoms with van der Waals surface area (Å²) in [5.74, 6) is 0.711. The minimum Gasteiger partial charge on any atom is -0.261 e. The van der Waals surface area contributed by atoms with Crippen LogP contribution in [0.1, 0.15) is 104 Å². The monoisotopic (exact) mass is 1090 g/mol. The fraction of sp³-hybridized carbons (Fsp3) is 0.333. The molecule has 20 nitrogen and oxygen atoms in total. The first kappa shape index (κ1) is 68.8. The number of hydrogen-bond donors (Lipinski definition) is 0. The molecule has 10 aromatic rings. The Morgan fingerprint density at radius 2 is 0.750 bits per heavy atom. The third-order valence-corrected chi connectivity index (χ3v) is 9.82. The highest BCUT2D eigenvalue weighted by Crippen LogP contribution is 2.15. The van der Waals surface area contributed by atoms with E-state index in [0.717, 1.165) is 83.2 Å². The minimum absolute atomic E-state index is 0.711. The summed E-state index contributed by atoms with van der Waals surface area (Å²) >= 11 is 0. The van der Waals surface area contributed by atoms with Crippen molar-refractivity contribution in [3.63, 3.8) is 0 Å². The van der Waals surface area contributed by atoms with E-state index >= 15 is 0 Å². The molecule has 20 heteroatoms. The molecule has 0 aliphatic carbocycles. The summed E-state index contributed by atoms with van der Waals surface area (Å²) in [5, 5.41) is 36.5. The largest absolute Gasteiger partial charge is 0.261 e. The highest BCUT2D eigenvalue weighted by atomic mass is 15.3. The van der Waals surface area contributed by atoms with Gasteiger partial charge >= 0.3 is 0 Å². The van der Waals surface area contributed by atoms with Crippen LogP contribution < -0.4 is 23.4 Å². The van der Waals surface area contributed by atoms with Crippen molar-refractivity contribution in [1.29, 1.82) is 0 Å². The van der Waals surface area contributed by atoms with E-state index in [1.165, 1.54) is 6.33 Å². The van der Waals surface area contributed by atoms with Gasteiger partial charge in [0.25, 0.3) is 0 Å². The zero-order valence-electron chi connectivity index (χ0n) is 49.8. The maximum absolute atomic E-state index is 4.24. The van der Waals surface area contributed by atoms with E-state index in [1.54, 1.807) is 80.4 Å². The molecule has 0 N–H and O–H groups in total. The Labute approximate surface area is 475 Å². The van der Waals surface area contributed by atoms with Gasteiger partial charge in [0.1, 0.15) is 37.3 Å². The zero-order chi connectivity index (χ0) is 59.0. The first-order valence-electron chi connectivity index (χ1n) is 27.6. The van der Waals surface area contributed by atoms with E-state index in [1.807, 2.05) is 198 Å². The molecule has 0 saturated carbocycles. The lowest BCUT2D eigenvalue weighted by Gasteiger charge is -1.96. The molecule has 0 unspecified atom stereocenters. The van der Waals surface area contributed by atoms with Crippen molar-refractivity contribution in [1.82, 2.24) is 75.8 Å². The van der Waals surface area contributed by atoms with Gasteiger partial charge in [-0.05, 0) is 90.4 Å². The summed E-state index contributed by atoms with van der Waals surface area (Å²) in [6, 6.07) is 19.3. The Hall–Kier alpha value is -9.20. The van der Waals surface area contributed by atoms with Crippen LogP contribution in [0.2, 0.25) is 0 Å². The molecule has 10 aromatic heterocycles. The molecule has 0 aliphatic heterocycles. The number of rotatable bonds is 10. The lowest BCUT2D eigenvalue weighted by atomic mass is 10.1. The lowest BCUT2D eigenvalue weighted by Crippen LogP contribution is -2.35. The molecule has 0 radical (unpaired) electrons. The van der Waals surface area contributed by atoms with Crippen LogP contribution in [-0.2, 0) is 32.7 Å². The van der Waals surface area contributed by atoms with Gasteiger partial charge in [0, 0.05) is 101 Å². The molecular weight excluding hydrogens is 1000 g/mol. The summed E-state index contributed by atoms with van der Waals surface area (Å²) in [6.07, 6.45) is 35.6. The molecule has 0 aliphatic rings. The van der Waals surface area contributed by atoms with Crippen LogP contribution >= 0.6 is 0 Å². The average molecular weight is 1090 g/mol. The third kappa shape index (κ3) is 25.8. The van der Waals surface area contributed by atoms with E-state index in [-0.39, 0.29) is 0 Å². The second-order valence-corrected chi connectivity index (χ2v) is 14.4. The molecule has 80 heavy (non-hydrogen) atoms. The van der Waals surface area contributed by atoms with Gasteiger partial charge in [0.2, 0.25) is 0 Å². The normalized spacial score (nSPS) is 9.19. The van der Waals surface area contributed by atoms with Crippen LogP contribution in [0.15, 0.2) is 185 Å². The second-order valence-electron chi connectivity index (χ2n) is 14.4. The molecule has 420 valence electrons. The highest BCUT2D eigenvalue weighted by Gasteiger charge is 2.07. The quantitative estimate of drug-likeness (QED) is 0.117. The Kier molecular flexibility index (Phi) is 38.6. The lowest BCUT2D eigenvalue weighted by molar-refractivity contribution is -0.750. The summed E-state index contributed by atoms with van der Waals surface area (Å²) in [5.41, 5.74) is 8.63. The fourth-order valence-electron chi connectivity index (χ4n) is 5.89. The smallest absolute Gasteiger partial charge is 0.197 e. The van der Waals surface area contributed by atoms with Gasteiger partial charge in [-0.25, -0.2) is 19.9 Å². The van der Waals surface area contributed by atoms with E-state index in [0.29, 0.717) is 5.82 Å². The van der Waals surface area contributed by atoms with Crippen molar-refractivity contribution >= 4 is 0 Å². The fourth-order valence-corrected chi connectivity index (χ4v) is 5.89. The van der Waals surface area contributed by atoms with Crippen molar-refractivity contribution in [2.24, 2.45) is 0 Å². The molecule has 0 spiro atoms. The zero-order valence-corrected chi connectivity index (χ0v) is 49.8. The standard InChI is InChI=1S/5C10H11N4.5C2H6/c1-2-14-6-3-9(7-13-14)10-8-11-4-5-12-10;1-2-14-6-4-9(7-13-14)10-3-5-11-8-12-10;1-2-14-6-4-10(8-13-14)9-3-5-11-12-7-9;1-2-14-7-4-9(8-13-14)10-11-5-3-6-12-10;1-2-14-7-5-9(8-12-14)10-4-3-6-11-13-10;5*1-2/h5*3-8H,2H2,1H3;5*1-2H3/q5*+1;;;;;. The van der Waals surface area contributed by atoms with E-state index in [2.05, 4.69) is 103 Å². The van der Waals surface area contributed by atoms with Crippen LogP contribution in [0.25, 0.3) is 56.3 Å². The van der Waals surface area contributed by atoms with E-state index < -0.39 is 0 Å². The summed E-state index contributed by atoms with van der Waals surface area (Å²) in [7, 11) is 0. The van der Waals surface area contributed by atoms with Crippen LogP contribution in [0.3, 0.4) is 0 Å². The van der Waals surface area contributed by atoms with Crippen molar-refractivity contribution < 1.29 is 23.4 Å². The van der Waals surface area contributed by atoms with Gasteiger partial charge < -0.3 is 0 Å². The van der Waals surface area contributed by atoms with Gasteiger partial charge in [0.05, 0.1) is 35.7 Å². The summed E-state index contributed by atoms with van der Waals surface area (Å²) in [4.78, 5) is 24.5. The van der Waals surface area contributed by atoms with E-state index in [4.69, 9.17) is 0 Å². The second kappa shape index (κ2) is 44.9. The third-order valence-electron chi connectivity index (χ3n) is 9.82. The minimum atomic E-state index is 0.711. The van der Waals surface area contributed by atoms with Gasteiger partial charge in [-0.1, -0.05) is 92.6 Å². The maximum atomic E-state index is 4.24. The van der Waals surface area contributed by atoms with Gasteiger partial charge in [-0.3, -0.25) is 9.97 Å². The van der Waals surface area contributed by atoms with Crippen LogP contribution in [0.4, 0.5) is 0 Å². The molecule has 0 aromatic carbocycles. The van der Waals surface area contributed by atoms with Crippen LogP contribution in [0.5, 0.6) is 0 Å². The Balaban J connectivity index is 0.000000480. The molecule has 0 fully saturated rings. The summed E-state index contributed by atoms with van der Waals surface area (Å²) < 4.78 is 9.31. The summed E-state index contributed by atoms with van der Waals surface area (Å²) in [6.45, 7) is 34.6. The Morgan fingerprint density at radius 1 is 0.300 bits per heavy atom. The molecule has 0 atom stereocenters. The Bertz CT molecular complexity index is 2470. The van der Waals surface area contributed by atoms with Crippen molar-refractivity contribution in [3.8, 4) is 56.3 Å². The van der Waals surface area contributed by atoms with Crippen molar-refractivity contribution in [2.75, 3.05) is 0 Å². The predicted molar refractivity (Wildman–Crippen MR) is 312 cm³/mol. The van der Waals surface area contributed by atoms with Crippen LogP contribution in [-0.4, -0.2) is 75.8 Å². The molecular formula is C60H85N20+5. The number of nitrogens with zero attached hydrogens (tertiary/aromatic N) is 20. The average Bonchev–Trinajstić information content (AvgIpc) is 3.59.